The van der Waals surface area contributed by atoms with E-state index >= 15 is 0 Å². The molecule has 163 valence electrons. The minimum Gasteiger partial charge on any atom is -0.491 e. The summed E-state index contributed by atoms with van der Waals surface area (Å²) in [4.78, 5) is 0. The van der Waals surface area contributed by atoms with Crippen LogP contribution in [0.4, 0.5) is 0 Å². The van der Waals surface area contributed by atoms with E-state index in [0.717, 1.165) is 17.2 Å². The van der Waals surface area contributed by atoms with Crippen LogP contribution in [-0.2, 0) is 0 Å². The molecule has 4 heteroatoms. The quantitative estimate of drug-likeness (QED) is 0.366. The van der Waals surface area contributed by atoms with E-state index in [2.05, 4.69) is 96.1 Å². The highest BCUT2D eigenvalue weighted by molar-refractivity contribution is 6.97. The summed E-state index contributed by atoms with van der Waals surface area (Å²) in [5, 5.41) is 3.59. The van der Waals surface area contributed by atoms with Crippen LogP contribution in [0.1, 0.15) is 41.5 Å². The van der Waals surface area contributed by atoms with Gasteiger partial charge in [-0.25, -0.2) is 0 Å². The number of benzene rings is 3. The smallest absolute Gasteiger partial charge is 0.169 e. The second-order valence-corrected chi connectivity index (χ2v) is 10.7. The predicted octanol–water partition coefficient (Wildman–Crippen LogP) is 4.56. The van der Waals surface area contributed by atoms with Gasteiger partial charge in [0.2, 0.25) is 0 Å². The number of hydrogen-bond acceptors (Lipinski definition) is 3. The van der Waals surface area contributed by atoms with Crippen molar-refractivity contribution < 1.29 is 14.2 Å². The molecular formula is C27H33O3Si. The van der Waals surface area contributed by atoms with Crippen molar-refractivity contribution in [1.29, 1.82) is 0 Å². The summed E-state index contributed by atoms with van der Waals surface area (Å²) >= 11 is 0. The van der Waals surface area contributed by atoms with Crippen LogP contribution in [0.5, 0.6) is 17.2 Å². The van der Waals surface area contributed by atoms with Crippen LogP contribution in [0, 0.1) is 0 Å². The molecule has 0 aliphatic rings. The summed E-state index contributed by atoms with van der Waals surface area (Å²) in [6.45, 7) is 12.4. The molecule has 3 aromatic carbocycles. The number of hydrogen-bond donors (Lipinski definition) is 0. The molecule has 3 aromatic rings. The summed E-state index contributed by atoms with van der Waals surface area (Å²) in [6, 6.07) is 25.1. The molecule has 0 aliphatic carbocycles. The third-order valence-corrected chi connectivity index (χ3v) is 7.41. The molecule has 0 fully saturated rings. The van der Waals surface area contributed by atoms with E-state index in [1.807, 2.05) is 18.2 Å². The first kappa shape index (κ1) is 23.0. The van der Waals surface area contributed by atoms with Crippen molar-refractivity contribution >= 4 is 24.4 Å². The maximum absolute atomic E-state index is 6.26. The van der Waals surface area contributed by atoms with Gasteiger partial charge >= 0.3 is 0 Å². The average Bonchev–Trinajstić information content (AvgIpc) is 2.70. The zero-order valence-corrected chi connectivity index (χ0v) is 20.4. The molecule has 0 saturated heterocycles. The highest BCUT2D eigenvalue weighted by Crippen LogP contribution is 2.19. The molecular weight excluding hydrogens is 400 g/mol. The fraction of sp³-hybridized carbons (Fsp3) is 0.333. The minimum absolute atomic E-state index is 0.0914. The summed E-state index contributed by atoms with van der Waals surface area (Å²) in [6.07, 6.45) is 0.274. The largest absolute Gasteiger partial charge is 0.491 e. The van der Waals surface area contributed by atoms with Crippen molar-refractivity contribution in [3.05, 3.63) is 72.8 Å². The normalized spacial score (nSPS) is 11.4. The van der Waals surface area contributed by atoms with Gasteiger partial charge < -0.3 is 14.2 Å². The van der Waals surface area contributed by atoms with Crippen LogP contribution in [-0.4, -0.2) is 27.1 Å². The van der Waals surface area contributed by atoms with Gasteiger partial charge in [0, 0.05) is 0 Å². The van der Waals surface area contributed by atoms with Crippen molar-refractivity contribution in [2.24, 2.45) is 0 Å². The van der Waals surface area contributed by atoms with Gasteiger partial charge in [0.05, 0.1) is 18.3 Å². The Morgan fingerprint density at radius 3 is 0.968 bits per heavy atom. The third kappa shape index (κ3) is 5.92. The molecule has 31 heavy (non-hydrogen) atoms. The van der Waals surface area contributed by atoms with Gasteiger partial charge in [-0.2, -0.15) is 0 Å². The zero-order chi connectivity index (χ0) is 22.4. The lowest BCUT2D eigenvalue weighted by Crippen LogP contribution is -2.53. The van der Waals surface area contributed by atoms with Crippen molar-refractivity contribution in [2.45, 2.75) is 59.9 Å². The van der Waals surface area contributed by atoms with Crippen LogP contribution in [0.2, 0.25) is 0 Å². The van der Waals surface area contributed by atoms with E-state index in [1.165, 1.54) is 15.6 Å². The molecule has 0 aliphatic heterocycles. The standard InChI is InChI=1S/C27H33O3Si/c1-19(2)28-22-13-7-10-16-25(22)31(26-17-11-8-14-23(26)29-20(3)4)27-18-12-9-15-24(27)30-21(5)6/h7-21H,1-6H3. The third-order valence-electron chi connectivity index (χ3n) is 4.56. The Hall–Kier alpha value is -2.72. The van der Waals surface area contributed by atoms with Gasteiger partial charge in [-0.15, -0.1) is 0 Å². The van der Waals surface area contributed by atoms with E-state index in [1.54, 1.807) is 0 Å². The van der Waals surface area contributed by atoms with E-state index in [9.17, 15) is 0 Å². The molecule has 0 bridgehead atoms. The first-order chi connectivity index (χ1) is 14.9. The van der Waals surface area contributed by atoms with Crippen LogP contribution >= 0.6 is 0 Å². The molecule has 0 unspecified atom stereocenters. The second kappa shape index (κ2) is 10.5. The van der Waals surface area contributed by atoms with Crippen LogP contribution in [0.3, 0.4) is 0 Å². The molecule has 0 aromatic heterocycles. The fourth-order valence-electron chi connectivity index (χ4n) is 3.52. The average molecular weight is 434 g/mol. The summed E-state index contributed by atoms with van der Waals surface area (Å²) in [7, 11) is -1.48. The van der Waals surface area contributed by atoms with Gasteiger partial charge in [-0.1, -0.05) is 54.6 Å². The fourth-order valence-corrected chi connectivity index (χ4v) is 6.35. The van der Waals surface area contributed by atoms with Crippen LogP contribution < -0.4 is 29.8 Å². The van der Waals surface area contributed by atoms with Gasteiger partial charge in [0.1, 0.15) is 17.2 Å². The van der Waals surface area contributed by atoms with Crippen molar-refractivity contribution in [2.75, 3.05) is 0 Å². The van der Waals surface area contributed by atoms with E-state index in [0.29, 0.717) is 0 Å². The molecule has 3 rings (SSSR count). The van der Waals surface area contributed by atoms with Crippen LogP contribution in [0.15, 0.2) is 72.8 Å². The molecule has 0 N–H and O–H groups in total. The predicted molar refractivity (Wildman–Crippen MR) is 131 cm³/mol. The van der Waals surface area contributed by atoms with Crippen molar-refractivity contribution in [3.63, 3.8) is 0 Å². The van der Waals surface area contributed by atoms with E-state index < -0.39 is 8.80 Å². The Kier molecular flexibility index (Phi) is 7.80. The number of rotatable bonds is 9. The van der Waals surface area contributed by atoms with Gasteiger partial charge in [-0.3, -0.25) is 0 Å². The molecule has 1 radical (unpaired) electrons. The molecule has 3 nitrogen and oxygen atoms in total. The van der Waals surface area contributed by atoms with Crippen molar-refractivity contribution in [1.82, 2.24) is 0 Å². The van der Waals surface area contributed by atoms with Gasteiger partial charge in [-0.05, 0) is 75.3 Å². The highest BCUT2D eigenvalue weighted by atomic mass is 28.3. The topological polar surface area (TPSA) is 27.7 Å². The summed E-state index contributed by atoms with van der Waals surface area (Å²) < 4.78 is 18.8. The highest BCUT2D eigenvalue weighted by Gasteiger charge is 2.29. The Morgan fingerprint density at radius 2 is 0.710 bits per heavy atom. The number of ether oxygens (including phenoxy) is 3. The lowest BCUT2D eigenvalue weighted by atomic mass is 10.3. The Bertz CT molecular complexity index is 854. The monoisotopic (exact) mass is 433 g/mol. The molecule has 0 atom stereocenters. The molecule has 0 heterocycles. The van der Waals surface area contributed by atoms with E-state index in [-0.39, 0.29) is 18.3 Å². The maximum Gasteiger partial charge on any atom is 0.169 e. The lowest BCUT2D eigenvalue weighted by molar-refractivity contribution is 0.244. The Labute approximate surface area is 188 Å². The SMILES string of the molecule is CC(C)Oc1ccccc1[Si](c1ccccc1OC(C)C)c1ccccc1OC(C)C. The van der Waals surface area contributed by atoms with Gasteiger partial charge in [0.25, 0.3) is 0 Å². The first-order valence-corrected chi connectivity index (χ1v) is 12.5. The zero-order valence-electron chi connectivity index (χ0n) is 19.4. The summed E-state index contributed by atoms with van der Waals surface area (Å²) in [5.74, 6) is 2.76. The maximum atomic E-state index is 6.26. The minimum atomic E-state index is -1.48. The van der Waals surface area contributed by atoms with Crippen molar-refractivity contribution in [3.8, 4) is 17.2 Å². The Morgan fingerprint density at radius 1 is 0.452 bits per heavy atom. The molecule has 0 spiro atoms. The molecule has 0 saturated carbocycles. The lowest BCUT2D eigenvalue weighted by Gasteiger charge is -2.26. The van der Waals surface area contributed by atoms with Gasteiger partial charge in [0.15, 0.2) is 8.80 Å². The first-order valence-electron chi connectivity index (χ1n) is 11.0. The van der Waals surface area contributed by atoms with Crippen LogP contribution in [0.25, 0.3) is 0 Å². The Balaban J connectivity index is 2.26. The second-order valence-electron chi connectivity index (χ2n) is 8.36. The molecule has 0 amide bonds. The number of para-hydroxylation sites is 3. The van der Waals surface area contributed by atoms with E-state index in [4.69, 9.17) is 14.2 Å². The summed E-state index contributed by atoms with van der Waals surface area (Å²) in [5.41, 5.74) is 0.